The second-order valence-electron chi connectivity index (χ2n) is 6.94. The molecular weight excluding hydrogens is 330 g/mol. The first-order valence-electron chi connectivity index (χ1n) is 8.53. The highest BCUT2D eigenvalue weighted by Crippen LogP contribution is 2.44. The first-order chi connectivity index (χ1) is 12.5. The van der Waals surface area contributed by atoms with Crippen molar-refractivity contribution in [2.24, 2.45) is 0 Å². The van der Waals surface area contributed by atoms with Gasteiger partial charge in [-0.1, -0.05) is 60.7 Å². The average Bonchev–Trinajstić information content (AvgIpc) is 2.92. The number of fused-ring (bicyclic) bond motifs is 3. The Hall–Kier alpha value is -3.08. The van der Waals surface area contributed by atoms with Crippen molar-refractivity contribution in [2.45, 2.75) is 24.3 Å². The molecule has 1 amide bonds. The SMILES string of the molecule is C=C1CC(NC(=O)OCC2c3ccccc3-c3ccccc32)(C(=O)O)C1. The van der Waals surface area contributed by atoms with Crippen LogP contribution in [0, 0.1) is 0 Å². The number of aliphatic carboxylic acids is 1. The van der Waals surface area contributed by atoms with E-state index in [9.17, 15) is 14.7 Å². The largest absolute Gasteiger partial charge is 0.479 e. The van der Waals surface area contributed by atoms with E-state index >= 15 is 0 Å². The number of benzene rings is 2. The summed E-state index contributed by atoms with van der Waals surface area (Å²) < 4.78 is 5.41. The van der Waals surface area contributed by atoms with E-state index in [-0.39, 0.29) is 25.4 Å². The van der Waals surface area contributed by atoms with E-state index in [4.69, 9.17) is 4.74 Å². The van der Waals surface area contributed by atoms with Crippen LogP contribution in [0.3, 0.4) is 0 Å². The Morgan fingerprint density at radius 1 is 1.08 bits per heavy atom. The Morgan fingerprint density at radius 3 is 2.12 bits per heavy atom. The summed E-state index contributed by atoms with van der Waals surface area (Å²) in [6.07, 6.45) is -0.222. The zero-order valence-electron chi connectivity index (χ0n) is 14.2. The number of ether oxygens (including phenoxy) is 1. The predicted molar refractivity (Wildman–Crippen MR) is 96.9 cm³/mol. The lowest BCUT2D eigenvalue weighted by atomic mass is 9.73. The van der Waals surface area contributed by atoms with Crippen molar-refractivity contribution in [2.75, 3.05) is 6.61 Å². The number of hydrogen-bond acceptors (Lipinski definition) is 3. The summed E-state index contributed by atoms with van der Waals surface area (Å²) in [5.74, 6) is -1.11. The third-order valence-electron chi connectivity index (χ3n) is 5.20. The van der Waals surface area contributed by atoms with Gasteiger partial charge in [-0.05, 0) is 22.3 Å². The average molecular weight is 349 g/mol. The molecule has 2 aliphatic carbocycles. The summed E-state index contributed by atoms with van der Waals surface area (Å²) in [6.45, 7) is 3.91. The highest BCUT2D eigenvalue weighted by molar-refractivity contribution is 5.87. The lowest BCUT2D eigenvalue weighted by Crippen LogP contribution is -2.60. The summed E-state index contributed by atoms with van der Waals surface area (Å²) in [6, 6.07) is 16.1. The van der Waals surface area contributed by atoms with Gasteiger partial charge in [-0.2, -0.15) is 0 Å². The molecule has 0 saturated heterocycles. The van der Waals surface area contributed by atoms with Gasteiger partial charge < -0.3 is 15.2 Å². The first kappa shape index (κ1) is 16.4. The molecular formula is C21H19NO4. The number of rotatable bonds is 4. The van der Waals surface area contributed by atoms with E-state index in [0.29, 0.717) is 0 Å². The zero-order valence-corrected chi connectivity index (χ0v) is 14.2. The third kappa shape index (κ3) is 2.56. The highest BCUT2D eigenvalue weighted by Gasteiger charge is 2.48. The second kappa shape index (κ2) is 6.02. The van der Waals surface area contributed by atoms with Crippen LogP contribution in [0.4, 0.5) is 4.79 Å². The van der Waals surface area contributed by atoms with Crippen molar-refractivity contribution in [1.29, 1.82) is 0 Å². The summed E-state index contributed by atoms with van der Waals surface area (Å²) in [4.78, 5) is 23.7. The van der Waals surface area contributed by atoms with Gasteiger partial charge in [0.1, 0.15) is 12.1 Å². The molecule has 1 saturated carbocycles. The fraction of sp³-hybridized carbons (Fsp3) is 0.238. The van der Waals surface area contributed by atoms with Gasteiger partial charge in [0.2, 0.25) is 0 Å². The van der Waals surface area contributed by atoms with Gasteiger partial charge in [0.15, 0.2) is 0 Å². The van der Waals surface area contributed by atoms with Crippen molar-refractivity contribution in [3.05, 3.63) is 71.8 Å². The van der Waals surface area contributed by atoms with Crippen molar-refractivity contribution in [1.82, 2.24) is 5.32 Å². The molecule has 0 bridgehead atoms. The Bertz CT molecular complexity index is 864. The molecule has 0 heterocycles. The summed E-state index contributed by atoms with van der Waals surface area (Å²) in [5, 5.41) is 11.9. The fourth-order valence-electron chi connectivity index (χ4n) is 3.92. The van der Waals surface area contributed by atoms with E-state index in [2.05, 4.69) is 24.0 Å². The van der Waals surface area contributed by atoms with Gasteiger partial charge in [0.25, 0.3) is 0 Å². The van der Waals surface area contributed by atoms with Gasteiger partial charge >= 0.3 is 12.1 Å². The van der Waals surface area contributed by atoms with Crippen molar-refractivity contribution in [3.8, 4) is 11.1 Å². The van der Waals surface area contributed by atoms with Crippen LogP contribution in [-0.2, 0) is 9.53 Å². The number of carbonyl (C=O) groups excluding carboxylic acids is 1. The number of alkyl carbamates (subject to hydrolysis) is 1. The normalized spacial score (nSPS) is 17.0. The molecule has 2 aromatic rings. The van der Waals surface area contributed by atoms with E-state index in [1.165, 1.54) is 0 Å². The van der Waals surface area contributed by atoms with E-state index in [0.717, 1.165) is 27.8 Å². The molecule has 0 atom stereocenters. The molecule has 0 aliphatic heterocycles. The van der Waals surface area contributed by atoms with Crippen LogP contribution in [0.2, 0.25) is 0 Å². The summed E-state index contributed by atoms with van der Waals surface area (Å²) in [5.41, 5.74) is 4.06. The van der Waals surface area contributed by atoms with Crippen LogP contribution < -0.4 is 5.32 Å². The number of nitrogens with one attached hydrogen (secondary N) is 1. The maximum Gasteiger partial charge on any atom is 0.408 e. The van der Waals surface area contributed by atoms with E-state index < -0.39 is 17.6 Å². The minimum atomic E-state index is -1.28. The lowest BCUT2D eigenvalue weighted by molar-refractivity contribution is -0.146. The number of carbonyl (C=O) groups is 2. The third-order valence-corrected chi connectivity index (χ3v) is 5.20. The van der Waals surface area contributed by atoms with Crippen LogP contribution in [0.25, 0.3) is 11.1 Å². The minimum Gasteiger partial charge on any atom is -0.479 e. The molecule has 132 valence electrons. The molecule has 0 unspecified atom stereocenters. The van der Waals surface area contributed by atoms with Crippen LogP contribution in [0.5, 0.6) is 0 Å². The van der Waals surface area contributed by atoms with E-state index in [1.54, 1.807) is 0 Å². The summed E-state index contributed by atoms with van der Waals surface area (Å²) >= 11 is 0. The number of carboxylic acids is 1. The monoisotopic (exact) mass is 349 g/mol. The smallest absolute Gasteiger partial charge is 0.408 e. The van der Waals surface area contributed by atoms with Crippen molar-refractivity contribution < 1.29 is 19.4 Å². The molecule has 0 radical (unpaired) electrons. The minimum absolute atomic E-state index is 0.0507. The molecule has 5 nitrogen and oxygen atoms in total. The quantitative estimate of drug-likeness (QED) is 0.825. The molecule has 5 heteroatoms. The van der Waals surface area contributed by atoms with E-state index in [1.807, 2.05) is 36.4 Å². The molecule has 2 N–H and O–H groups in total. The molecule has 2 aliphatic rings. The first-order valence-corrected chi connectivity index (χ1v) is 8.53. The summed E-state index contributed by atoms with van der Waals surface area (Å²) in [7, 11) is 0. The molecule has 0 spiro atoms. The van der Waals surface area contributed by atoms with Crippen LogP contribution in [-0.4, -0.2) is 29.3 Å². The maximum atomic E-state index is 12.2. The topological polar surface area (TPSA) is 75.6 Å². The van der Waals surface area contributed by atoms with Gasteiger partial charge in [-0.3, -0.25) is 0 Å². The van der Waals surface area contributed by atoms with Gasteiger partial charge in [-0.15, -0.1) is 0 Å². The molecule has 0 aromatic heterocycles. The lowest BCUT2D eigenvalue weighted by Gasteiger charge is -2.39. The Kier molecular flexibility index (Phi) is 3.80. The second-order valence-corrected chi connectivity index (χ2v) is 6.94. The zero-order chi connectivity index (χ0) is 18.3. The Morgan fingerprint density at radius 2 is 1.62 bits per heavy atom. The van der Waals surface area contributed by atoms with Gasteiger partial charge in [-0.25, -0.2) is 9.59 Å². The van der Waals surface area contributed by atoms with Crippen LogP contribution in [0.15, 0.2) is 60.7 Å². The Balaban J connectivity index is 1.49. The van der Waals surface area contributed by atoms with Crippen molar-refractivity contribution >= 4 is 12.1 Å². The fourth-order valence-corrected chi connectivity index (χ4v) is 3.92. The van der Waals surface area contributed by atoms with Gasteiger partial charge in [0, 0.05) is 18.8 Å². The number of carboxylic acid groups (broad SMARTS) is 1. The standard InChI is InChI=1S/C21H19NO4/c1-13-10-21(11-13,19(23)24)22-20(25)26-12-18-16-8-4-2-6-14(16)15-7-3-5-9-17(15)18/h2-9,18H,1,10-12H2,(H,22,25)(H,23,24). The maximum absolute atomic E-state index is 12.2. The van der Waals surface area contributed by atoms with Gasteiger partial charge in [0.05, 0.1) is 0 Å². The number of hydrogen-bond donors (Lipinski definition) is 2. The van der Waals surface area contributed by atoms with Crippen molar-refractivity contribution in [3.63, 3.8) is 0 Å². The molecule has 26 heavy (non-hydrogen) atoms. The molecule has 2 aromatic carbocycles. The Labute approximate surface area is 151 Å². The molecule has 4 rings (SSSR count). The van der Waals surface area contributed by atoms with Crippen LogP contribution in [0.1, 0.15) is 29.9 Å². The van der Waals surface area contributed by atoms with Crippen LogP contribution >= 0.6 is 0 Å². The highest BCUT2D eigenvalue weighted by atomic mass is 16.5. The molecule has 1 fully saturated rings. The number of amides is 1. The predicted octanol–water partition coefficient (Wildman–Crippen LogP) is 3.70.